The smallest absolute Gasteiger partial charge is 0.271 e. The van der Waals surface area contributed by atoms with Crippen LogP contribution >= 0.6 is 11.6 Å². The summed E-state index contributed by atoms with van der Waals surface area (Å²) < 4.78 is 5.32. The number of ether oxygens (including phenoxy) is 1. The van der Waals surface area contributed by atoms with Crippen molar-refractivity contribution in [3.8, 4) is 5.75 Å². The van der Waals surface area contributed by atoms with Crippen LogP contribution in [0.3, 0.4) is 0 Å². The van der Waals surface area contributed by atoms with Gasteiger partial charge in [0.05, 0.1) is 9.95 Å². The fraction of sp³-hybridized carbons (Fsp3) is 0.400. The molecule has 0 aliphatic heterocycles. The predicted octanol–water partition coefficient (Wildman–Crippen LogP) is 2.12. The average Bonchev–Trinajstić information content (AvgIpc) is 2.25. The molecule has 0 saturated carbocycles. The van der Waals surface area contributed by atoms with E-state index in [1.807, 2.05) is 0 Å². The van der Waals surface area contributed by atoms with Gasteiger partial charge in [-0.15, -0.1) is 0 Å². The molecule has 7 heteroatoms. The van der Waals surface area contributed by atoms with Crippen LogP contribution in [0.25, 0.3) is 0 Å². The van der Waals surface area contributed by atoms with E-state index in [2.05, 4.69) is 0 Å². The predicted molar refractivity (Wildman–Crippen MR) is 63.2 cm³/mol. The first-order valence-corrected chi connectivity index (χ1v) is 5.25. The standard InChI is InChI=1S/C10H13ClN2O4/c1-12(2)17-6-5-16-10-4-3-8(13(14)15)7-9(10)11/h3-4,7H,5-6H2,1-2H3. The summed E-state index contributed by atoms with van der Waals surface area (Å²) in [6.45, 7) is 0.691. The summed E-state index contributed by atoms with van der Waals surface area (Å²) in [5.41, 5.74) is -0.0631. The normalized spacial score (nSPS) is 10.6. The highest BCUT2D eigenvalue weighted by Crippen LogP contribution is 2.28. The number of nitrogens with zero attached hydrogens (tertiary/aromatic N) is 2. The highest BCUT2D eigenvalue weighted by Gasteiger charge is 2.09. The van der Waals surface area contributed by atoms with Gasteiger partial charge in [-0.1, -0.05) is 11.6 Å². The lowest BCUT2D eigenvalue weighted by Gasteiger charge is -2.11. The van der Waals surface area contributed by atoms with Crippen LogP contribution in [0, 0.1) is 10.1 Å². The van der Waals surface area contributed by atoms with Crippen molar-refractivity contribution in [2.45, 2.75) is 0 Å². The van der Waals surface area contributed by atoms with Gasteiger partial charge in [-0.3, -0.25) is 15.0 Å². The van der Waals surface area contributed by atoms with Crippen molar-refractivity contribution in [1.29, 1.82) is 0 Å². The van der Waals surface area contributed by atoms with Gasteiger partial charge < -0.3 is 4.74 Å². The first-order valence-electron chi connectivity index (χ1n) is 4.87. The lowest BCUT2D eigenvalue weighted by molar-refractivity contribution is -0.384. The van der Waals surface area contributed by atoms with E-state index in [0.29, 0.717) is 19.0 Å². The van der Waals surface area contributed by atoms with Crippen LogP contribution in [0.1, 0.15) is 0 Å². The van der Waals surface area contributed by atoms with Crippen molar-refractivity contribution in [2.75, 3.05) is 27.3 Å². The number of rotatable bonds is 6. The fourth-order valence-electron chi connectivity index (χ4n) is 1.09. The van der Waals surface area contributed by atoms with Crippen molar-refractivity contribution < 1.29 is 14.5 Å². The van der Waals surface area contributed by atoms with Crippen LogP contribution < -0.4 is 4.74 Å². The molecule has 0 aliphatic carbocycles. The second-order valence-corrected chi connectivity index (χ2v) is 3.77. The van der Waals surface area contributed by atoms with Crippen molar-refractivity contribution in [1.82, 2.24) is 5.06 Å². The van der Waals surface area contributed by atoms with Crippen LogP contribution in [0.4, 0.5) is 5.69 Å². The van der Waals surface area contributed by atoms with Gasteiger partial charge in [0.1, 0.15) is 19.0 Å². The van der Waals surface area contributed by atoms with Gasteiger partial charge in [0.25, 0.3) is 5.69 Å². The number of non-ortho nitro benzene ring substituents is 1. The van der Waals surface area contributed by atoms with Gasteiger partial charge in [0, 0.05) is 26.2 Å². The number of nitro groups is 1. The highest BCUT2D eigenvalue weighted by atomic mass is 35.5. The summed E-state index contributed by atoms with van der Waals surface area (Å²) in [5, 5.41) is 12.2. The van der Waals surface area contributed by atoms with Crippen LogP contribution in [0.2, 0.25) is 5.02 Å². The third-order valence-corrected chi connectivity index (χ3v) is 2.11. The maximum Gasteiger partial charge on any atom is 0.271 e. The number of nitro benzene ring substituents is 1. The summed E-state index contributed by atoms with van der Waals surface area (Å²) in [7, 11) is 3.53. The lowest BCUT2D eigenvalue weighted by Crippen LogP contribution is -2.17. The second-order valence-electron chi connectivity index (χ2n) is 3.37. The molecule has 0 aliphatic rings. The third-order valence-electron chi connectivity index (χ3n) is 1.82. The maximum absolute atomic E-state index is 10.5. The molecule has 0 bridgehead atoms. The Morgan fingerprint density at radius 3 is 2.65 bits per heavy atom. The minimum Gasteiger partial charge on any atom is -0.490 e. The first-order chi connectivity index (χ1) is 8.00. The molecule has 94 valence electrons. The minimum atomic E-state index is -0.509. The molecule has 0 unspecified atom stereocenters. The van der Waals surface area contributed by atoms with E-state index in [4.69, 9.17) is 21.2 Å². The zero-order valence-electron chi connectivity index (χ0n) is 9.55. The van der Waals surface area contributed by atoms with E-state index in [1.54, 1.807) is 19.2 Å². The van der Waals surface area contributed by atoms with Gasteiger partial charge in [0.15, 0.2) is 0 Å². The van der Waals surface area contributed by atoms with Crippen molar-refractivity contribution in [3.05, 3.63) is 33.3 Å². The molecule has 0 saturated heterocycles. The largest absolute Gasteiger partial charge is 0.490 e. The van der Waals surface area contributed by atoms with E-state index in [1.165, 1.54) is 18.2 Å². The summed E-state index contributed by atoms with van der Waals surface area (Å²) >= 11 is 5.83. The third kappa shape index (κ3) is 4.56. The molecular formula is C10H13ClN2O4. The minimum absolute atomic E-state index is 0.0631. The molecule has 0 fully saturated rings. The van der Waals surface area contributed by atoms with E-state index < -0.39 is 4.92 Å². The quantitative estimate of drug-likeness (QED) is 0.445. The Hall–Kier alpha value is -1.37. The van der Waals surface area contributed by atoms with Crippen LogP contribution in [-0.4, -0.2) is 37.3 Å². The van der Waals surface area contributed by atoms with Crippen molar-refractivity contribution in [3.63, 3.8) is 0 Å². The first kappa shape index (κ1) is 13.7. The van der Waals surface area contributed by atoms with Gasteiger partial charge >= 0.3 is 0 Å². The zero-order chi connectivity index (χ0) is 12.8. The Morgan fingerprint density at radius 2 is 2.12 bits per heavy atom. The van der Waals surface area contributed by atoms with Crippen molar-refractivity contribution in [2.24, 2.45) is 0 Å². The van der Waals surface area contributed by atoms with E-state index >= 15 is 0 Å². The number of hydrogen-bond donors (Lipinski definition) is 0. The summed E-state index contributed by atoms with van der Waals surface area (Å²) in [6.07, 6.45) is 0. The number of hydrogen-bond acceptors (Lipinski definition) is 5. The molecule has 0 spiro atoms. The Bertz CT molecular complexity index is 398. The van der Waals surface area contributed by atoms with E-state index in [-0.39, 0.29) is 10.7 Å². The average molecular weight is 261 g/mol. The Morgan fingerprint density at radius 1 is 1.41 bits per heavy atom. The molecule has 1 aromatic carbocycles. The maximum atomic E-state index is 10.5. The van der Waals surface area contributed by atoms with Gasteiger partial charge in [0.2, 0.25) is 0 Å². The number of halogens is 1. The summed E-state index contributed by atoms with van der Waals surface area (Å²) in [5.74, 6) is 0.402. The number of benzene rings is 1. The molecule has 1 rings (SSSR count). The molecule has 0 aromatic heterocycles. The lowest BCUT2D eigenvalue weighted by atomic mass is 10.3. The molecule has 0 N–H and O–H groups in total. The molecule has 1 aromatic rings. The fourth-order valence-corrected chi connectivity index (χ4v) is 1.32. The highest BCUT2D eigenvalue weighted by molar-refractivity contribution is 6.32. The van der Waals surface area contributed by atoms with Crippen molar-refractivity contribution >= 4 is 17.3 Å². The SMILES string of the molecule is CN(C)OCCOc1ccc([N+](=O)[O-])cc1Cl. The topological polar surface area (TPSA) is 64.8 Å². The van der Waals surface area contributed by atoms with Crippen LogP contribution in [0.15, 0.2) is 18.2 Å². The van der Waals surface area contributed by atoms with E-state index in [9.17, 15) is 10.1 Å². The summed E-state index contributed by atoms with van der Waals surface area (Å²) in [4.78, 5) is 15.1. The molecule has 0 amide bonds. The second kappa shape index (κ2) is 6.39. The molecule has 6 nitrogen and oxygen atoms in total. The Balaban J connectivity index is 2.52. The van der Waals surface area contributed by atoms with Gasteiger partial charge in [-0.05, 0) is 6.07 Å². The summed E-state index contributed by atoms with van der Waals surface area (Å²) in [6, 6.07) is 4.06. The van der Waals surface area contributed by atoms with Gasteiger partial charge in [-0.2, -0.15) is 5.06 Å². The van der Waals surface area contributed by atoms with Gasteiger partial charge in [-0.25, -0.2) is 0 Å². The number of hydroxylamine groups is 2. The Labute approximate surface area is 104 Å². The molecular weight excluding hydrogens is 248 g/mol. The van der Waals surface area contributed by atoms with E-state index in [0.717, 1.165) is 0 Å². The zero-order valence-corrected chi connectivity index (χ0v) is 10.3. The Kier molecular flexibility index (Phi) is 5.14. The molecule has 0 heterocycles. The molecule has 0 atom stereocenters. The monoisotopic (exact) mass is 260 g/mol. The molecule has 0 radical (unpaired) electrons. The van der Waals surface area contributed by atoms with Crippen LogP contribution in [-0.2, 0) is 4.84 Å². The van der Waals surface area contributed by atoms with Crippen LogP contribution in [0.5, 0.6) is 5.75 Å². The molecule has 17 heavy (non-hydrogen) atoms.